The number of carbonyl (C=O) groups is 2. The summed E-state index contributed by atoms with van der Waals surface area (Å²) in [5.74, 6) is -2.18. The molecule has 3 heterocycles. The van der Waals surface area contributed by atoms with Crippen LogP contribution in [0.3, 0.4) is 0 Å². The maximum Gasteiger partial charge on any atom is 0.350 e. The van der Waals surface area contributed by atoms with Gasteiger partial charge >= 0.3 is 11.9 Å². The minimum atomic E-state index is -1.26. The van der Waals surface area contributed by atoms with E-state index in [0.29, 0.717) is 5.92 Å². The minimum absolute atomic E-state index is 0.165. The Morgan fingerprint density at radius 2 is 1.77 bits per heavy atom. The molecule has 1 saturated heterocycles. The summed E-state index contributed by atoms with van der Waals surface area (Å²) >= 11 is 1.82. The lowest BCUT2D eigenvalue weighted by atomic mass is 9.80. The van der Waals surface area contributed by atoms with Gasteiger partial charge in [-0.3, -0.25) is 0 Å². The summed E-state index contributed by atoms with van der Waals surface area (Å²) in [6.45, 7) is 3.05. The Balaban J connectivity index is 1.45. The van der Waals surface area contributed by atoms with Gasteiger partial charge in [0.2, 0.25) is 0 Å². The van der Waals surface area contributed by atoms with Crippen LogP contribution in [0, 0.1) is 0 Å². The van der Waals surface area contributed by atoms with Crippen LogP contribution in [-0.2, 0) is 23.8 Å². The molecule has 162 valence electrons. The predicted octanol–water partition coefficient (Wildman–Crippen LogP) is 5.03. The van der Waals surface area contributed by atoms with E-state index in [4.69, 9.17) is 14.2 Å². The molecule has 1 aliphatic carbocycles. The van der Waals surface area contributed by atoms with E-state index in [1.165, 1.54) is 49.8 Å². The standard InChI is InChI=1S/C24H25NO5S/c1-24(2)29-22(26)17(23(27)30-24)13-25-18-9-5-3-7-14(18)20-16-11-12-31-21(16)15-8-4-6-10-19(15)28-20/h3,5,7,9,11-13,15,19-20,25H,4,6,8,10H2,1-2H3. The number of hydrogen-bond donors (Lipinski definition) is 1. The minimum Gasteiger partial charge on any atom is -0.419 e. The number of fused-ring (bicyclic) bond motifs is 3. The van der Waals surface area contributed by atoms with Crippen molar-refractivity contribution >= 4 is 29.0 Å². The fourth-order valence-electron chi connectivity index (χ4n) is 4.68. The molecule has 3 unspecified atom stereocenters. The van der Waals surface area contributed by atoms with E-state index < -0.39 is 17.7 Å². The fraction of sp³-hybridized carbons (Fsp3) is 0.417. The van der Waals surface area contributed by atoms with Crippen LogP contribution in [0.5, 0.6) is 0 Å². The second-order valence-electron chi connectivity index (χ2n) is 8.65. The van der Waals surface area contributed by atoms with Gasteiger partial charge < -0.3 is 19.5 Å². The molecule has 2 fully saturated rings. The van der Waals surface area contributed by atoms with Crippen LogP contribution in [0.4, 0.5) is 5.69 Å². The van der Waals surface area contributed by atoms with Gasteiger partial charge in [-0.2, -0.15) is 0 Å². The Bertz CT molecular complexity index is 1030. The van der Waals surface area contributed by atoms with E-state index in [2.05, 4.69) is 16.8 Å². The Hall–Kier alpha value is -2.64. The lowest BCUT2D eigenvalue weighted by molar-refractivity contribution is -0.222. The highest BCUT2D eigenvalue weighted by Crippen LogP contribution is 2.49. The molecule has 2 aromatic rings. The lowest BCUT2D eigenvalue weighted by Crippen LogP contribution is -2.42. The number of hydrogen-bond acceptors (Lipinski definition) is 7. The van der Waals surface area contributed by atoms with Crippen LogP contribution < -0.4 is 5.32 Å². The Labute approximate surface area is 185 Å². The van der Waals surface area contributed by atoms with Crippen LogP contribution in [0.1, 0.15) is 67.6 Å². The summed E-state index contributed by atoms with van der Waals surface area (Å²) in [5, 5.41) is 5.27. The highest BCUT2D eigenvalue weighted by Gasteiger charge is 2.40. The molecule has 3 aliphatic rings. The van der Waals surface area contributed by atoms with Gasteiger partial charge in [0, 0.05) is 42.1 Å². The molecule has 0 bridgehead atoms. The fourth-order valence-corrected chi connectivity index (χ4v) is 5.80. The molecule has 7 heteroatoms. The number of cyclic esters (lactones) is 2. The van der Waals surface area contributed by atoms with Crippen molar-refractivity contribution in [2.24, 2.45) is 0 Å². The second-order valence-corrected chi connectivity index (χ2v) is 9.60. The first-order valence-electron chi connectivity index (χ1n) is 10.7. The number of thiophene rings is 1. The first-order valence-corrected chi connectivity index (χ1v) is 11.6. The van der Waals surface area contributed by atoms with Crippen LogP contribution in [0.25, 0.3) is 0 Å². The number of benzene rings is 1. The highest BCUT2D eigenvalue weighted by atomic mass is 32.1. The zero-order valence-electron chi connectivity index (χ0n) is 17.6. The largest absolute Gasteiger partial charge is 0.419 e. The van der Waals surface area contributed by atoms with Crippen LogP contribution >= 0.6 is 11.3 Å². The zero-order valence-corrected chi connectivity index (χ0v) is 18.4. The number of para-hydroxylation sites is 1. The molecule has 5 rings (SSSR count). The maximum atomic E-state index is 12.3. The number of carbonyl (C=O) groups excluding carboxylic acids is 2. The van der Waals surface area contributed by atoms with E-state index in [1.54, 1.807) is 0 Å². The Morgan fingerprint density at radius 3 is 2.58 bits per heavy atom. The van der Waals surface area contributed by atoms with E-state index >= 15 is 0 Å². The molecular formula is C24H25NO5S. The summed E-state index contributed by atoms with van der Waals surface area (Å²) < 4.78 is 17.0. The van der Waals surface area contributed by atoms with Crippen molar-refractivity contribution in [3.05, 3.63) is 63.5 Å². The molecule has 1 aromatic carbocycles. The maximum absolute atomic E-state index is 12.3. The summed E-state index contributed by atoms with van der Waals surface area (Å²) in [4.78, 5) is 25.9. The van der Waals surface area contributed by atoms with Gasteiger partial charge in [0.05, 0.1) is 6.10 Å². The first-order chi connectivity index (χ1) is 14.9. The SMILES string of the molecule is CC1(C)OC(=O)C(=CNc2ccccc2C2OC3CCCCC3c3sccc32)C(=O)O1. The van der Waals surface area contributed by atoms with E-state index in [1.807, 2.05) is 35.6 Å². The van der Waals surface area contributed by atoms with Crippen molar-refractivity contribution in [3.8, 4) is 0 Å². The average Bonchev–Trinajstić information content (AvgIpc) is 3.22. The molecule has 0 spiro atoms. The summed E-state index contributed by atoms with van der Waals surface area (Å²) in [5.41, 5.74) is 2.80. The number of rotatable bonds is 3. The third-order valence-electron chi connectivity index (χ3n) is 6.09. The predicted molar refractivity (Wildman–Crippen MR) is 117 cm³/mol. The Morgan fingerprint density at radius 1 is 1.03 bits per heavy atom. The highest BCUT2D eigenvalue weighted by molar-refractivity contribution is 7.10. The lowest BCUT2D eigenvalue weighted by Gasteiger charge is -2.40. The van der Waals surface area contributed by atoms with Crippen molar-refractivity contribution < 1.29 is 23.8 Å². The molecule has 3 atom stereocenters. The van der Waals surface area contributed by atoms with E-state index in [9.17, 15) is 9.59 Å². The number of nitrogens with one attached hydrogen (secondary N) is 1. The van der Waals surface area contributed by atoms with Crippen molar-refractivity contribution in [2.45, 2.75) is 63.4 Å². The third-order valence-corrected chi connectivity index (χ3v) is 7.16. The first kappa shape index (κ1) is 20.3. The molecule has 1 saturated carbocycles. The molecule has 2 aliphatic heterocycles. The van der Waals surface area contributed by atoms with Gasteiger partial charge in [-0.15, -0.1) is 11.3 Å². The number of esters is 2. The topological polar surface area (TPSA) is 73.9 Å². The van der Waals surface area contributed by atoms with Crippen molar-refractivity contribution in [1.29, 1.82) is 0 Å². The van der Waals surface area contributed by atoms with Crippen LogP contribution in [-0.4, -0.2) is 23.8 Å². The van der Waals surface area contributed by atoms with Crippen LogP contribution in [0.2, 0.25) is 0 Å². The van der Waals surface area contributed by atoms with Crippen molar-refractivity contribution in [1.82, 2.24) is 0 Å². The summed E-state index contributed by atoms with van der Waals surface area (Å²) in [7, 11) is 0. The quantitative estimate of drug-likeness (QED) is 0.411. The Kier molecular flexibility index (Phi) is 5.10. The van der Waals surface area contributed by atoms with Gasteiger partial charge in [-0.25, -0.2) is 9.59 Å². The van der Waals surface area contributed by atoms with E-state index in [0.717, 1.165) is 17.7 Å². The zero-order chi connectivity index (χ0) is 21.6. The van der Waals surface area contributed by atoms with Crippen LogP contribution in [0.15, 0.2) is 47.5 Å². The molecule has 0 radical (unpaired) electrons. The van der Waals surface area contributed by atoms with Gasteiger partial charge in [0.15, 0.2) is 5.57 Å². The molecule has 1 N–H and O–H groups in total. The molecule has 6 nitrogen and oxygen atoms in total. The van der Waals surface area contributed by atoms with Gasteiger partial charge in [0.1, 0.15) is 6.10 Å². The number of ether oxygens (including phenoxy) is 3. The number of anilines is 1. The van der Waals surface area contributed by atoms with E-state index in [-0.39, 0.29) is 17.8 Å². The van der Waals surface area contributed by atoms with Gasteiger partial charge in [-0.05, 0) is 35.9 Å². The summed E-state index contributed by atoms with van der Waals surface area (Å²) in [6, 6.07) is 9.98. The second kappa shape index (κ2) is 7.80. The average molecular weight is 440 g/mol. The van der Waals surface area contributed by atoms with Gasteiger partial charge in [0.25, 0.3) is 5.79 Å². The molecule has 31 heavy (non-hydrogen) atoms. The third kappa shape index (κ3) is 3.77. The molecule has 1 aromatic heterocycles. The molecular weight excluding hydrogens is 414 g/mol. The van der Waals surface area contributed by atoms with Gasteiger partial charge in [-0.1, -0.05) is 31.0 Å². The smallest absolute Gasteiger partial charge is 0.350 e. The van der Waals surface area contributed by atoms with Crippen molar-refractivity contribution in [2.75, 3.05) is 5.32 Å². The monoisotopic (exact) mass is 439 g/mol. The summed E-state index contributed by atoms with van der Waals surface area (Å²) in [6.07, 6.45) is 6.10. The molecule has 0 amide bonds. The normalized spacial score (nSPS) is 26.9. The van der Waals surface area contributed by atoms with Crippen molar-refractivity contribution in [3.63, 3.8) is 0 Å².